The Morgan fingerprint density at radius 3 is 2.72 bits per heavy atom. The predicted octanol–water partition coefficient (Wildman–Crippen LogP) is 1.71. The van der Waals surface area contributed by atoms with E-state index < -0.39 is 0 Å². The Morgan fingerprint density at radius 1 is 1.31 bits per heavy atom. The van der Waals surface area contributed by atoms with Crippen molar-refractivity contribution in [3.63, 3.8) is 0 Å². The third kappa shape index (κ3) is 4.06. The van der Waals surface area contributed by atoms with Crippen molar-refractivity contribution >= 4 is 5.91 Å². The Labute approximate surface area is 171 Å². The van der Waals surface area contributed by atoms with E-state index >= 15 is 0 Å². The molecule has 0 bridgehead atoms. The highest BCUT2D eigenvalue weighted by atomic mass is 16.5. The van der Waals surface area contributed by atoms with Gasteiger partial charge in [0.1, 0.15) is 13.2 Å². The molecule has 1 spiro atoms. The number of methoxy groups -OCH3 is 1. The van der Waals surface area contributed by atoms with Crippen LogP contribution in [0.5, 0.6) is 0 Å². The molecule has 1 atom stereocenters. The summed E-state index contributed by atoms with van der Waals surface area (Å²) in [5.41, 5.74) is 2.17. The second kappa shape index (κ2) is 7.87. The van der Waals surface area contributed by atoms with E-state index in [1.165, 1.54) is 0 Å². The van der Waals surface area contributed by atoms with Crippen LogP contribution in [-0.4, -0.2) is 69.5 Å². The zero-order valence-electron chi connectivity index (χ0n) is 17.7. The maximum Gasteiger partial charge on any atom is 0.244 e. The Hall–Kier alpha value is -2.26. The molecule has 0 saturated carbocycles. The largest absolute Gasteiger partial charge is 0.421 e. The minimum absolute atomic E-state index is 0.130. The van der Waals surface area contributed by atoms with Gasteiger partial charge >= 0.3 is 0 Å². The number of amides is 1. The van der Waals surface area contributed by atoms with Gasteiger partial charge in [-0.1, -0.05) is 0 Å². The Balaban J connectivity index is 1.36. The number of aromatic nitrogens is 4. The fourth-order valence-corrected chi connectivity index (χ4v) is 4.78. The predicted molar refractivity (Wildman–Crippen MR) is 105 cm³/mol. The quantitative estimate of drug-likeness (QED) is 0.752. The minimum atomic E-state index is 0.130. The van der Waals surface area contributed by atoms with E-state index in [0.29, 0.717) is 24.9 Å². The van der Waals surface area contributed by atoms with E-state index in [1.54, 1.807) is 11.8 Å². The highest BCUT2D eigenvalue weighted by Crippen LogP contribution is 2.48. The van der Waals surface area contributed by atoms with Gasteiger partial charge in [-0.25, -0.2) is 0 Å². The lowest BCUT2D eigenvalue weighted by Gasteiger charge is -2.39. The summed E-state index contributed by atoms with van der Waals surface area (Å²) in [6.45, 7) is 7.16. The van der Waals surface area contributed by atoms with Gasteiger partial charge in [-0.15, -0.1) is 10.2 Å². The van der Waals surface area contributed by atoms with E-state index in [9.17, 15) is 4.79 Å². The molecule has 2 aliphatic heterocycles. The van der Waals surface area contributed by atoms with Crippen LogP contribution in [0.4, 0.5) is 0 Å². The molecular weight excluding hydrogens is 372 g/mol. The Bertz CT molecular complexity index is 867. The van der Waals surface area contributed by atoms with E-state index in [0.717, 1.165) is 50.3 Å². The number of aryl methyl sites for hydroxylation is 2. The van der Waals surface area contributed by atoms with Crippen LogP contribution < -0.4 is 0 Å². The van der Waals surface area contributed by atoms with Crippen molar-refractivity contribution in [2.75, 3.05) is 33.8 Å². The molecule has 9 nitrogen and oxygen atoms in total. The highest BCUT2D eigenvalue weighted by Gasteiger charge is 2.46. The third-order valence-electron chi connectivity index (χ3n) is 6.34. The second-order valence-corrected chi connectivity index (χ2v) is 8.57. The molecule has 4 rings (SSSR count). The standard InChI is InChI=1S/C20H30N6O3/c1-14-9-15(2)26(23-14)11-18(27)25-7-5-20(6-8-25)10-16(24(3)13-20)19-22-21-17(29-19)12-28-4/h9,16H,5-8,10-13H2,1-4H3. The highest BCUT2D eigenvalue weighted by molar-refractivity contribution is 5.76. The third-order valence-corrected chi connectivity index (χ3v) is 6.34. The molecule has 0 aromatic carbocycles. The van der Waals surface area contributed by atoms with Crippen molar-refractivity contribution in [3.8, 4) is 0 Å². The number of carbonyl (C=O) groups is 1. The Kier molecular flexibility index (Phi) is 5.44. The van der Waals surface area contributed by atoms with Crippen LogP contribution in [0.1, 0.15) is 48.5 Å². The summed E-state index contributed by atoms with van der Waals surface area (Å²) in [6.07, 6.45) is 2.98. The molecule has 2 aliphatic rings. The molecule has 2 aromatic heterocycles. The van der Waals surface area contributed by atoms with Gasteiger partial charge in [-0.3, -0.25) is 14.4 Å². The lowest BCUT2D eigenvalue weighted by molar-refractivity contribution is -0.134. The smallest absolute Gasteiger partial charge is 0.244 e. The molecule has 2 aromatic rings. The first-order valence-electron chi connectivity index (χ1n) is 10.2. The van der Waals surface area contributed by atoms with Crippen LogP contribution in [0.3, 0.4) is 0 Å². The molecule has 1 unspecified atom stereocenters. The first-order chi connectivity index (χ1) is 13.9. The number of rotatable bonds is 5. The van der Waals surface area contributed by atoms with E-state index in [-0.39, 0.29) is 17.4 Å². The summed E-state index contributed by atoms with van der Waals surface area (Å²) in [7, 11) is 3.73. The summed E-state index contributed by atoms with van der Waals surface area (Å²) in [4.78, 5) is 17.0. The lowest BCUT2D eigenvalue weighted by atomic mass is 9.76. The average molecular weight is 402 g/mol. The molecule has 0 N–H and O–H groups in total. The number of carbonyl (C=O) groups excluding carboxylic acids is 1. The first kappa shape index (κ1) is 20.0. The van der Waals surface area contributed by atoms with Gasteiger partial charge in [0.2, 0.25) is 17.7 Å². The van der Waals surface area contributed by atoms with Crippen LogP contribution in [0.2, 0.25) is 0 Å². The van der Waals surface area contributed by atoms with Crippen LogP contribution in [0.25, 0.3) is 0 Å². The molecular formula is C20H30N6O3. The van der Waals surface area contributed by atoms with Crippen LogP contribution >= 0.6 is 0 Å². The zero-order chi connectivity index (χ0) is 20.6. The second-order valence-electron chi connectivity index (χ2n) is 8.57. The molecule has 0 aliphatic carbocycles. The van der Waals surface area contributed by atoms with Gasteiger partial charge < -0.3 is 14.1 Å². The fourth-order valence-electron chi connectivity index (χ4n) is 4.78. The topological polar surface area (TPSA) is 89.5 Å². The summed E-state index contributed by atoms with van der Waals surface area (Å²) in [5.74, 6) is 1.33. The number of hydrogen-bond acceptors (Lipinski definition) is 7. The van der Waals surface area contributed by atoms with Gasteiger partial charge in [0.15, 0.2) is 0 Å². The summed E-state index contributed by atoms with van der Waals surface area (Å²) >= 11 is 0. The van der Waals surface area contributed by atoms with Gasteiger partial charge in [0.25, 0.3) is 0 Å². The number of likely N-dealkylation sites (tertiary alicyclic amines) is 2. The molecule has 4 heterocycles. The molecule has 158 valence electrons. The van der Waals surface area contributed by atoms with Gasteiger partial charge in [-0.2, -0.15) is 5.10 Å². The maximum absolute atomic E-state index is 12.8. The van der Waals surface area contributed by atoms with Crippen molar-refractivity contribution in [2.24, 2.45) is 5.41 Å². The number of piperidine rings is 1. The Morgan fingerprint density at radius 2 is 2.07 bits per heavy atom. The van der Waals surface area contributed by atoms with Gasteiger partial charge in [0.05, 0.1) is 11.7 Å². The van der Waals surface area contributed by atoms with Crippen molar-refractivity contribution in [2.45, 2.75) is 52.3 Å². The first-order valence-corrected chi connectivity index (χ1v) is 10.2. The molecule has 1 amide bonds. The zero-order valence-corrected chi connectivity index (χ0v) is 17.7. The van der Waals surface area contributed by atoms with Gasteiger partial charge in [0, 0.05) is 32.4 Å². The van der Waals surface area contributed by atoms with E-state index in [4.69, 9.17) is 9.15 Å². The van der Waals surface area contributed by atoms with Crippen molar-refractivity contribution in [3.05, 3.63) is 29.2 Å². The maximum atomic E-state index is 12.8. The van der Waals surface area contributed by atoms with Crippen molar-refractivity contribution in [1.82, 2.24) is 29.8 Å². The molecule has 9 heteroatoms. The van der Waals surface area contributed by atoms with Gasteiger partial charge in [-0.05, 0) is 51.6 Å². The monoisotopic (exact) mass is 402 g/mol. The van der Waals surface area contributed by atoms with Crippen LogP contribution in [-0.2, 0) is 22.7 Å². The summed E-state index contributed by atoms with van der Waals surface area (Å²) in [6, 6.07) is 2.13. The summed E-state index contributed by atoms with van der Waals surface area (Å²) < 4.78 is 12.7. The molecule has 29 heavy (non-hydrogen) atoms. The number of ether oxygens (including phenoxy) is 1. The molecule has 2 fully saturated rings. The minimum Gasteiger partial charge on any atom is -0.421 e. The van der Waals surface area contributed by atoms with Crippen LogP contribution in [0.15, 0.2) is 10.5 Å². The van der Waals surface area contributed by atoms with E-state index in [1.807, 2.05) is 24.8 Å². The lowest BCUT2D eigenvalue weighted by Crippen LogP contribution is -2.45. The molecule has 0 radical (unpaired) electrons. The average Bonchev–Trinajstić information content (AvgIpc) is 3.34. The van der Waals surface area contributed by atoms with Crippen LogP contribution in [0, 0.1) is 19.3 Å². The normalized spacial score (nSPS) is 21.9. The fraction of sp³-hybridized carbons (Fsp3) is 0.700. The number of hydrogen-bond donors (Lipinski definition) is 0. The SMILES string of the molecule is COCc1nnc(C2CC3(CCN(C(=O)Cn4nc(C)cc4C)CC3)CN2C)o1. The van der Waals surface area contributed by atoms with Crippen molar-refractivity contribution in [1.29, 1.82) is 0 Å². The number of nitrogens with zero attached hydrogens (tertiary/aromatic N) is 6. The van der Waals surface area contributed by atoms with Crippen molar-refractivity contribution < 1.29 is 13.9 Å². The van der Waals surface area contributed by atoms with E-state index in [2.05, 4.69) is 27.2 Å². The molecule has 2 saturated heterocycles. The summed E-state index contributed by atoms with van der Waals surface area (Å²) in [5, 5.41) is 12.7.